The Morgan fingerprint density at radius 2 is 2.12 bits per heavy atom. The fourth-order valence-electron chi connectivity index (χ4n) is 2.81. The van der Waals surface area contributed by atoms with Crippen LogP contribution in [0.4, 0.5) is 0 Å². The van der Waals surface area contributed by atoms with E-state index >= 15 is 0 Å². The lowest BCUT2D eigenvalue weighted by Gasteiger charge is -2.07. The van der Waals surface area contributed by atoms with Crippen LogP contribution < -0.4 is 0 Å². The fraction of sp³-hybridized carbons (Fsp3) is 0.600. The highest BCUT2D eigenvalue weighted by Gasteiger charge is 2.25. The minimum absolute atomic E-state index is 0.0620. The number of unbranched alkanes of at least 4 members (excludes halogenated alkanes) is 3. The van der Waals surface area contributed by atoms with Crippen molar-refractivity contribution in [2.45, 2.75) is 70.8 Å². The molecule has 0 aromatic heterocycles. The molecule has 4 heteroatoms. The molecule has 0 unspecified atom stereocenters. The Bertz CT molecular complexity index is 488. The van der Waals surface area contributed by atoms with Gasteiger partial charge in [0.15, 0.2) is 5.78 Å². The minimum Gasteiger partial charge on any atom is -0.481 e. The summed E-state index contributed by atoms with van der Waals surface area (Å²) in [7, 11) is 0. The number of carboxylic acid groups (broad SMARTS) is 1. The van der Waals surface area contributed by atoms with Crippen LogP contribution in [0.25, 0.3) is 0 Å². The standard InChI is InChI=1S/C20H30O4/c1-2-3-4-5-6-7-10-18-16(13-15-19(18)22)12-14-17(21)9-8-11-20(23)24/h6-7,10,12,14,16-17,21H,2-5,8-9,11,13,15H2,1H3,(H,23,24)/b7-6-,14-12+,18-10+/t16-,17-/m0/s1. The molecule has 2 N–H and O–H groups in total. The van der Waals surface area contributed by atoms with Crippen molar-refractivity contribution in [2.24, 2.45) is 5.92 Å². The van der Waals surface area contributed by atoms with E-state index in [0.717, 1.165) is 18.4 Å². The highest BCUT2D eigenvalue weighted by atomic mass is 16.4. The van der Waals surface area contributed by atoms with Crippen LogP contribution in [-0.2, 0) is 9.59 Å². The Morgan fingerprint density at radius 3 is 2.83 bits per heavy atom. The number of aliphatic hydroxyl groups excluding tert-OH is 1. The third-order valence-electron chi connectivity index (χ3n) is 4.25. The van der Waals surface area contributed by atoms with Crippen LogP contribution >= 0.6 is 0 Å². The lowest BCUT2D eigenvalue weighted by atomic mass is 9.99. The van der Waals surface area contributed by atoms with Crippen molar-refractivity contribution >= 4 is 11.8 Å². The molecule has 0 bridgehead atoms. The van der Waals surface area contributed by atoms with Crippen LogP contribution in [0.5, 0.6) is 0 Å². The summed E-state index contributed by atoms with van der Waals surface area (Å²) in [5.74, 6) is -0.598. The van der Waals surface area contributed by atoms with Crippen LogP contribution in [0.1, 0.15) is 64.7 Å². The lowest BCUT2D eigenvalue weighted by molar-refractivity contribution is -0.137. The number of ketones is 1. The maximum absolute atomic E-state index is 12.0. The number of hydrogen-bond acceptors (Lipinski definition) is 3. The van der Waals surface area contributed by atoms with Gasteiger partial charge in [0, 0.05) is 24.3 Å². The van der Waals surface area contributed by atoms with Crippen molar-refractivity contribution in [3.05, 3.63) is 36.0 Å². The third-order valence-corrected chi connectivity index (χ3v) is 4.25. The molecule has 1 aliphatic carbocycles. The number of Topliss-reactive ketones (excluding diaryl/α,β-unsaturated/α-hetero) is 1. The van der Waals surface area contributed by atoms with Crippen LogP contribution in [0.3, 0.4) is 0 Å². The first-order valence-electron chi connectivity index (χ1n) is 9.02. The van der Waals surface area contributed by atoms with Crippen molar-refractivity contribution in [1.29, 1.82) is 0 Å². The lowest BCUT2D eigenvalue weighted by Crippen LogP contribution is -2.05. The molecule has 0 spiro atoms. The zero-order valence-electron chi connectivity index (χ0n) is 14.6. The Balaban J connectivity index is 2.48. The zero-order valence-corrected chi connectivity index (χ0v) is 14.6. The summed E-state index contributed by atoms with van der Waals surface area (Å²) < 4.78 is 0. The number of carbonyl (C=O) groups excluding carboxylic acids is 1. The summed E-state index contributed by atoms with van der Waals surface area (Å²) in [6, 6.07) is 0. The molecule has 4 nitrogen and oxygen atoms in total. The number of carboxylic acids is 1. The van der Waals surface area contributed by atoms with E-state index in [4.69, 9.17) is 5.11 Å². The van der Waals surface area contributed by atoms with Crippen LogP contribution in [0, 0.1) is 5.92 Å². The molecular weight excluding hydrogens is 304 g/mol. The largest absolute Gasteiger partial charge is 0.481 e. The van der Waals surface area contributed by atoms with E-state index in [9.17, 15) is 14.7 Å². The monoisotopic (exact) mass is 334 g/mol. The normalized spacial score (nSPS) is 21.3. The van der Waals surface area contributed by atoms with Crippen LogP contribution in [0.15, 0.2) is 36.0 Å². The van der Waals surface area contributed by atoms with E-state index in [1.54, 1.807) is 6.08 Å². The second-order valence-electron chi connectivity index (χ2n) is 6.35. The predicted molar refractivity (Wildman–Crippen MR) is 95.7 cm³/mol. The summed E-state index contributed by atoms with van der Waals surface area (Å²) in [5.41, 5.74) is 0.815. The Labute approximate surface area is 145 Å². The van der Waals surface area contributed by atoms with Gasteiger partial charge in [-0.15, -0.1) is 0 Å². The Hall–Kier alpha value is -1.68. The molecule has 134 valence electrons. The highest BCUT2D eigenvalue weighted by Crippen LogP contribution is 2.29. The summed E-state index contributed by atoms with van der Waals surface area (Å²) in [4.78, 5) is 22.4. The summed E-state index contributed by atoms with van der Waals surface area (Å²) in [6.45, 7) is 2.18. The number of rotatable bonds is 11. The van der Waals surface area contributed by atoms with Gasteiger partial charge in [-0.2, -0.15) is 0 Å². The average molecular weight is 334 g/mol. The maximum Gasteiger partial charge on any atom is 0.303 e. The molecule has 1 saturated carbocycles. The molecule has 0 radical (unpaired) electrons. The number of allylic oxidation sites excluding steroid dienone is 5. The van der Waals surface area contributed by atoms with E-state index in [-0.39, 0.29) is 18.1 Å². The molecule has 0 aliphatic heterocycles. The smallest absolute Gasteiger partial charge is 0.303 e. The van der Waals surface area contributed by atoms with Gasteiger partial charge in [0.05, 0.1) is 6.10 Å². The van der Waals surface area contributed by atoms with Gasteiger partial charge in [-0.05, 0) is 32.1 Å². The molecule has 1 fully saturated rings. The topological polar surface area (TPSA) is 74.6 Å². The van der Waals surface area contributed by atoms with E-state index < -0.39 is 12.1 Å². The molecule has 24 heavy (non-hydrogen) atoms. The second kappa shape index (κ2) is 11.8. The average Bonchev–Trinajstić information content (AvgIpc) is 2.89. The molecule has 0 saturated heterocycles. The van der Waals surface area contributed by atoms with Crippen LogP contribution in [-0.4, -0.2) is 28.1 Å². The van der Waals surface area contributed by atoms with Gasteiger partial charge in [0.25, 0.3) is 0 Å². The molecule has 2 atom stereocenters. The molecule has 1 rings (SSSR count). The molecular formula is C20H30O4. The SMILES string of the molecule is CCCCC/C=C\C=C1\C(=O)CC[C@@H]1/C=C/[C@@H](O)CCCC(=O)O. The van der Waals surface area contributed by atoms with Gasteiger partial charge >= 0.3 is 5.97 Å². The molecule has 0 amide bonds. The quantitative estimate of drug-likeness (QED) is 0.337. The minimum atomic E-state index is -0.844. The number of hydrogen-bond donors (Lipinski definition) is 2. The number of carbonyl (C=O) groups is 2. The molecule has 0 heterocycles. The van der Waals surface area contributed by atoms with Gasteiger partial charge in [-0.25, -0.2) is 0 Å². The first-order valence-corrected chi connectivity index (χ1v) is 9.02. The summed E-state index contributed by atoms with van der Waals surface area (Å²) >= 11 is 0. The van der Waals surface area contributed by atoms with Gasteiger partial charge in [-0.1, -0.05) is 50.1 Å². The van der Waals surface area contributed by atoms with E-state index in [1.165, 1.54) is 19.3 Å². The van der Waals surface area contributed by atoms with Crippen molar-refractivity contribution in [3.8, 4) is 0 Å². The van der Waals surface area contributed by atoms with Gasteiger partial charge in [-0.3, -0.25) is 9.59 Å². The molecule has 0 aromatic carbocycles. The van der Waals surface area contributed by atoms with Gasteiger partial charge in [0.2, 0.25) is 0 Å². The highest BCUT2D eigenvalue weighted by molar-refractivity contribution is 5.98. The van der Waals surface area contributed by atoms with Crippen molar-refractivity contribution in [2.75, 3.05) is 0 Å². The molecule has 1 aliphatic rings. The second-order valence-corrected chi connectivity index (χ2v) is 6.35. The number of aliphatic hydroxyl groups is 1. The Morgan fingerprint density at radius 1 is 1.33 bits per heavy atom. The van der Waals surface area contributed by atoms with Crippen molar-refractivity contribution < 1.29 is 19.8 Å². The molecule has 0 aromatic rings. The van der Waals surface area contributed by atoms with E-state index in [0.29, 0.717) is 19.3 Å². The van der Waals surface area contributed by atoms with Gasteiger partial charge < -0.3 is 10.2 Å². The first kappa shape index (κ1) is 20.4. The fourth-order valence-corrected chi connectivity index (χ4v) is 2.81. The van der Waals surface area contributed by atoms with Crippen LogP contribution in [0.2, 0.25) is 0 Å². The predicted octanol–water partition coefficient (Wildman–Crippen LogP) is 4.20. The van der Waals surface area contributed by atoms with Crippen molar-refractivity contribution in [1.82, 2.24) is 0 Å². The third kappa shape index (κ3) is 8.25. The first-order chi connectivity index (χ1) is 11.5. The van der Waals surface area contributed by atoms with Crippen molar-refractivity contribution in [3.63, 3.8) is 0 Å². The zero-order chi connectivity index (χ0) is 17.8. The maximum atomic E-state index is 12.0. The summed E-state index contributed by atoms with van der Waals surface area (Å²) in [5, 5.41) is 18.5. The summed E-state index contributed by atoms with van der Waals surface area (Å²) in [6.07, 6.45) is 15.9. The van der Waals surface area contributed by atoms with Gasteiger partial charge in [0.1, 0.15) is 0 Å². The van der Waals surface area contributed by atoms with E-state index in [1.807, 2.05) is 18.2 Å². The van der Waals surface area contributed by atoms with E-state index in [2.05, 4.69) is 13.0 Å². The number of aliphatic carboxylic acids is 1. The Kier molecular flexibility index (Phi) is 10.0.